The van der Waals surface area contributed by atoms with Gasteiger partial charge >= 0.3 is 0 Å². The molecule has 0 saturated carbocycles. The number of ether oxygens (including phenoxy) is 3. The summed E-state index contributed by atoms with van der Waals surface area (Å²) in [4.78, 5) is 14.8. The maximum absolute atomic E-state index is 11.2. The minimum atomic E-state index is -0.758. The third-order valence-electron chi connectivity index (χ3n) is 3.45. The van der Waals surface area contributed by atoms with E-state index in [4.69, 9.17) is 19.9 Å². The molecule has 110 valence electrons. The third kappa shape index (κ3) is 2.10. The first kappa shape index (κ1) is 13.5. The molecule has 3 N–H and O–H groups in total. The Labute approximate surface area is 115 Å². The molecule has 0 bridgehead atoms. The monoisotopic (exact) mass is 283 g/mol. The summed E-state index contributed by atoms with van der Waals surface area (Å²) in [5.41, 5.74) is 5.33. The smallest absolute Gasteiger partial charge is 0.274 e. The topological polar surface area (TPSA) is 109 Å². The zero-order valence-corrected chi connectivity index (χ0v) is 11.2. The summed E-state index contributed by atoms with van der Waals surface area (Å²) >= 11 is 0. The van der Waals surface area contributed by atoms with Gasteiger partial charge in [-0.3, -0.25) is 9.36 Å². The molecule has 0 amide bonds. The number of aliphatic hydroxyl groups excluding tert-OH is 1. The highest BCUT2D eigenvalue weighted by Gasteiger charge is 2.55. The van der Waals surface area contributed by atoms with E-state index in [1.807, 2.05) is 0 Å². The van der Waals surface area contributed by atoms with Crippen molar-refractivity contribution in [3.63, 3.8) is 0 Å². The summed E-state index contributed by atoms with van der Waals surface area (Å²) in [7, 11) is 0. The van der Waals surface area contributed by atoms with Gasteiger partial charge in [-0.05, 0) is 13.8 Å². The van der Waals surface area contributed by atoms with Crippen molar-refractivity contribution >= 4 is 5.95 Å². The number of hydrogen-bond donors (Lipinski definition) is 2. The summed E-state index contributed by atoms with van der Waals surface area (Å²) in [5.74, 6) is -0.723. The van der Waals surface area contributed by atoms with E-state index < -0.39 is 29.8 Å². The van der Waals surface area contributed by atoms with Gasteiger partial charge in [-0.25, -0.2) is 0 Å². The number of nitrogens with zero attached hydrogens (tertiary/aromatic N) is 2. The molecular weight excluding hydrogens is 266 g/mol. The Hall–Kier alpha value is -1.48. The highest BCUT2D eigenvalue weighted by Crippen LogP contribution is 2.43. The third-order valence-corrected chi connectivity index (χ3v) is 3.45. The van der Waals surface area contributed by atoms with Crippen LogP contribution in [0.2, 0.25) is 0 Å². The van der Waals surface area contributed by atoms with Crippen molar-refractivity contribution in [2.24, 2.45) is 0 Å². The van der Waals surface area contributed by atoms with Crippen molar-refractivity contribution in [1.82, 2.24) is 9.55 Å². The molecule has 4 atom stereocenters. The van der Waals surface area contributed by atoms with Crippen molar-refractivity contribution in [3.05, 3.63) is 22.6 Å². The maximum Gasteiger partial charge on any atom is 0.274 e. The number of aromatic nitrogens is 2. The lowest BCUT2D eigenvalue weighted by atomic mass is 10.1. The SMILES string of the molecule is CC1(C)O[C@@H]2[C@H](O1)[C@@H](CO)O[C@H]2n1ccc(=O)nc1N. The van der Waals surface area contributed by atoms with Gasteiger partial charge in [-0.15, -0.1) is 0 Å². The maximum atomic E-state index is 11.2. The minimum absolute atomic E-state index is 0.0353. The van der Waals surface area contributed by atoms with Gasteiger partial charge in [0, 0.05) is 12.3 Å². The summed E-state index contributed by atoms with van der Waals surface area (Å²) < 4.78 is 18.8. The van der Waals surface area contributed by atoms with Gasteiger partial charge in [-0.2, -0.15) is 4.98 Å². The van der Waals surface area contributed by atoms with Gasteiger partial charge in [0.05, 0.1) is 6.61 Å². The van der Waals surface area contributed by atoms with Crippen LogP contribution in [0.5, 0.6) is 0 Å². The second kappa shape index (κ2) is 4.52. The first-order valence-electron chi connectivity index (χ1n) is 6.38. The van der Waals surface area contributed by atoms with Crippen LogP contribution in [0.15, 0.2) is 17.1 Å². The number of aliphatic hydroxyl groups is 1. The molecule has 1 aromatic rings. The van der Waals surface area contributed by atoms with Crippen LogP contribution in [0.25, 0.3) is 0 Å². The summed E-state index contributed by atoms with van der Waals surface area (Å²) in [5, 5.41) is 9.39. The van der Waals surface area contributed by atoms with Crippen molar-refractivity contribution in [3.8, 4) is 0 Å². The molecule has 0 aromatic carbocycles. The minimum Gasteiger partial charge on any atom is -0.394 e. The summed E-state index contributed by atoms with van der Waals surface area (Å²) in [6.45, 7) is 3.40. The van der Waals surface area contributed by atoms with E-state index in [1.165, 1.54) is 16.8 Å². The lowest BCUT2D eigenvalue weighted by Gasteiger charge is -2.25. The fourth-order valence-corrected chi connectivity index (χ4v) is 2.67. The largest absolute Gasteiger partial charge is 0.394 e. The van der Waals surface area contributed by atoms with Crippen LogP contribution >= 0.6 is 0 Å². The number of rotatable bonds is 2. The highest BCUT2D eigenvalue weighted by atomic mass is 16.8. The predicted octanol–water partition coefficient (Wildman–Crippen LogP) is -0.765. The van der Waals surface area contributed by atoms with Crippen LogP contribution in [0.3, 0.4) is 0 Å². The molecule has 1 aromatic heterocycles. The summed E-state index contributed by atoms with van der Waals surface area (Å²) in [6, 6.07) is 1.29. The number of anilines is 1. The molecule has 8 heteroatoms. The quantitative estimate of drug-likeness (QED) is 0.734. The number of nitrogens with two attached hydrogens (primary N) is 1. The van der Waals surface area contributed by atoms with E-state index in [0.29, 0.717) is 0 Å². The van der Waals surface area contributed by atoms with Crippen LogP contribution < -0.4 is 11.3 Å². The molecule has 20 heavy (non-hydrogen) atoms. The van der Waals surface area contributed by atoms with Gasteiger partial charge in [0.1, 0.15) is 18.3 Å². The lowest BCUT2D eigenvalue weighted by Crippen LogP contribution is -2.31. The van der Waals surface area contributed by atoms with Crippen molar-refractivity contribution < 1.29 is 19.3 Å². The van der Waals surface area contributed by atoms with Gasteiger partial charge in [0.2, 0.25) is 5.95 Å². The number of fused-ring (bicyclic) bond motifs is 1. The van der Waals surface area contributed by atoms with Crippen molar-refractivity contribution in [2.45, 2.75) is 44.2 Å². The average molecular weight is 283 g/mol. The molecule has 3 heterocycles. The molecule has 2 aliphatic rings. The zero-order valence-electron chi connectivity index (χ0n) is 11.2. The zero-order chi connectivity index (χ0) is 14.5. The van der Waals surface area contributed by atoms with Gasteiger partial charge in [0.25, 0.3) is 5.56 Å². The van der Waals surface area contributed by atoms with E-state index in [9.17, 15) is 9.90 Å². The highest BCUT2D eigenvalue weighted by molar-refractivity contribution is 5.18. The Bertz CT molecular complexity index is 572. The summed E-state index contributed by atoms with van der Waals surface area (Å²) in [6.07, 6.45) is -0.411. The number of nitrogen functional groups attached to an aromatic ring is 1. The standard InChI is InChI=1S/C12H17N3O5/c1-12(2)19-8-6(5-16)18-10(9(8)20-12)15-4-3-7(17)14-11(15)13/h3-4,6,8-10,16H,5H2,1-2H3,(H2,13,14,17)/t6-,8-,9-,10-/m1/s1. The molecule has 2 fully saturated rings. The van der Waals surface area contributed by atoms with Crippen LogP contribution in [-0.4, -0.2) is 45.4 Å². The molecule has 8 nitrogen and oxygen atoms in total. The predicted molar refractivity (Wildman–Crippen MR) is 67.7 cm³/mol. The van der Waals surface area contributed by atoms with E-state index in [1.54, 1.807) is 13.8 Å². The Kier molecular flexibility index (Phi) is 3.05. The van der Waals surface area contributed by atoms with E-state index in [-0.39, 0.29) is 18.7 Å². The first-order valence-corrected chi connectivity index (χ1v) is 6.38. The van der Waals surface area contributed by atoms with Crippen LogP contribution in [0.4, 0.5) is 5.95 Å². The van der Waals surface area contributed by atoms with Gasteiger partial charge < -0.3 is 25.1 Å². The normalized spacial score (nSPS) is 35.1. The van der Waals surface area contributed by atoms with E-state index in [2.05, 4.69) is 4.98 Å². The lowest BCUT2D eigenvalue weighted by molar-refractivity contribution is -0.200. The van der Waals surface area contributed by atoms with Crippen LogP contribution in [0, 0.1) is 0 Å². The Morgan fingerprint density at radius 1 is 1.45 bits per heavy atom. The molecule has 2 aliphatic heterocycles. The second-order valence-corrected chi connectivity index (χ2v) is 5.34. The fourth-order valence-electron chi connectivity index (χ4n) is 2.67. The van der Waals surface area contributed by atoms with Crippen molar-refractivity contribution in [1.29, 1.82) is 0 Å². The molecule has 3 rings (SSSR count). The molecule has 0 spiro atoms. The Balaban J connectivity index is 1.96. The van der Waals surface area contributed by atoms with Gasteiger partial charge in [-0.1, -0.05) is 0 Å². The molecule has 0 radical (unpaired) electrons. The molecule has 0 unspecified atom stereocenters. The van der Waals surface area contributed by atoms with E-state index >= 15 is 0 Å². The molecule has 2 saturated heterocycles. The van der Waals surface area contributed by atoms with Crippen molar-refractivity contribution in [2.75, 3.05) is 12.3 Å². The van der Waals surface area contributed by atoms with Crippen LogP contribution in [0.1, 0.15) is 20.1 Å². The Morgan fingerprint density at radius 2 is 2.15 bits per heavy atom. The fraction of sp³-hybridized carbons (Fsp3) is 0.667. The number of hydrogen-bond acceptors (Lipinski definition) is 7. The van der Waals surface area contributed by atoms with Crippen LogP contribution in [-0.2, 0) is 14.2 Å². The molecular formula is C12H17N3O5. The average Bonchev–Trinajstić information content (AvgIpc) is 2.83. The Morgan fingerprint density at radius 3 is 2.80 bits per heavy atom. The van der Waals surface area contributed by atoms with E-state index in [0.717, 1.165) is 0 Å². The second-order valence-electron chi connectivity index (χ2n) is 5.34. The first-order chi connectivity index (χ1) is 9.41. The molecule has 0 aliphatic carbocycles. The van der Waals surface area contributed by atoms with Gasteiger partial charge in [0.15, 0.2) is 12.0 Å².